The highest BCUT2D eigenvalue weighted by molar-refractivity contribution is 5.70. The summed E-state index contributed by atoms with van der Waals surface area (Å²) in [5, 5.41) is 16.2. The SMILES string of the molecule is CC(N)O.O=C(O)Cc1ccccc1. The van der Waals surface area contributed by atoms with Crippen LogP contribution in [0.1, 0.15) is 12.5 Å². The minimum atomic E-state index is -0.786. The second-order valence-electron chi connectivity index (χ2n) is 2.80. The van der Waals surface area contributed by atoms with Crippen LogP contribution in [0.15, 0.2) is 30.3 Å². The van der Waals surface area contributed by atoms with Gasteiger partial charge in [0.1, 0.15) is 0 Å². The summed E-state index contributed by atoms with van der Waals surface area (Å²) in [6.07, 6.45) is -0.555. The second kappa shape index (κ2) is 7.06. The van der Waals surface area contributed by atoms with Crippen LogP contribution in [-0.2, 0) is 11.2 Å². The Morgan fingerprint density at radius 1 is 1.43 bits per heavy atom. The van der Waals surface area contributed by atoms with Crippen molar-refractivity contribution in [3.05, 3.63) is 35.9 Å². The quantitative estimate of drug-likeness (QED) is 0.606. The Bertz CT molecular complexity index is 257. The molecular formula is C10H15NO3. The summed E-state index contributed by atoms with van der Waals surface area (Å²) >= 11 is 0. The molecular weight excluding hydrogens is 182 g/mol. The lowest BCUT2D eigenvalue weighted by atomic mass is 10.2. The zero-order valence-electron chi connectivity index (χ0n) is 8.05. The molecule has 0 aromatic heterocycles. The molecule has 14 heavy (non-hydrogen) atoms. The van der Waals surface area contributed by atoms with Crippen molar-refractivity contribution in [3.63, 3.8) is 0 Å². The molecule has 1 rings (SSSR count). The number of hydrogen-bond acceptors (Lipinski definition) is 3. The normalized spacial score (nSPS) is 11.1. The zero-order valence-corrected chi connectivity index (χ0v) is 8.05. The number of benzene rings is 1. The second-order valence-corrected chi connectivity index (χ2v) is 2.80. The van der Waals surface area contributed by atoms with E-state index in [0.717, 1.165) is 5.56 Å². The average Bonchev–Trinajstić information content (AvgIpc) is 2.03. The van der Waals surface area contributed by atoms with E-state index in [1.54, 1.807) is 12.1 Å². The summed E-state index contributed by atoms with van der Waals surface area (Å²) < 4.78 is 0. The van der Waals surface area contributed by atoms with E-state index in [1.165, 1.54) is 6.92 Å². The molecule has 0 radical (unpaired) electrons. The minimum Gasteiger partial charge on any atom is -0.481 e. The van der Waals surface area contributed by atoms with Crippen LogP contribution in [0.3, 0.4) is 0 Å². The highest BCUT2D eigenvalue weighted by Gasteiger charge is 1.96. The van der Waals surface area contributed by atoms with E-state index in [9.17, 15) is 4.79 Å². The topological polar surface area (TPSA) is 83.5 Å². The van der Waals surface area contributed by atoms with E-state index >= 15 is 0 Å². The van der Waals surface area contributed by atoms with Crippen molar-refractivity contribution in [2.24, 2.45) is 5.73 Å². The van der Waals surface area contributed by atoms with Gasteiger partial charge in [0.15, 0.2) is 0 Å². The first-order chi connectivity index (χ1) is 6.52. The van der Waals surface area contributed by atoms with E-state index in [-0.39, 0.29) is 6.42 Å². The number of carboxylic acids is 1. The Labute approximate surface area is 83.0 Å². The van der Waals surface area contributed by atoms with Gasteiger partial charge in [-0.05, 0) is 12.5 Å². The number of nitrogens with two attached hydrogens (primary N) is 1. The first-order valence-electron chi connectivity index (χ1n) is 4.21. The highest BCUT2D eigenvalue weighted by atomic mass is 16.4. The van der Waals surface area contributed by atoms with E-state index in [0.29, 0.717) is 0 Å². The van der Waals surface area contributed by atoms with Gasteiger partial charge in [-0.2, -0.15) is 0 Å². The molecule has 0 saturated heterocycles. The molecule has 0 aliphatic carbocycles. The predicted molar refractivity (Wildman–Crippen MR) is 53.7 cm³/mol. The van der Waals surface area contributed by atoms with Gasteiger partial charge < -0.3 is 15.9 Å². The van der Waals surface area contributed by atoms with Crippen LogP contribution in [0.4, 0.5) is 0 Å². The molecule has 0 aliphatic rings. The third-order valence-corrected chi connectivity index (χ3v) is 1.20. The third-order valence-electron chi connectivity index (χ3n) is 1.20. The average molecular weight is 197 g/mol. The van der Waals surface area contributed by atoms with E-state index < -0.39 is 12.2 Å². The van der Waals surface area contributed by atoms with Crippen molar-refractivity contribution < 1.29 is 15.0 Å². The number of aliphatic hydroxyl groups is 1. The summed E-state index contributed by atoms with van der Waals surface area (Å²) in [7, 11) is 0. The zero-order chi connectivity index (χ0) is 11.0. The Morgan fingerprint density at radius 3 is 2.21 bits per heavy atom. The molecule has 78 valence electrons. The van der Waals surface area contributed by atoms with Gasteiger partial charge in [0.2, 0.25) is 0 Å². The summed E-state index contributed by atoms with van der Waals surface area (Å²) in [4.78, 5) is 10.2. The van der Waals surface area contributed by atoms with Crippen molar-refractivity contribution in [2.75, 3.05) is 0 Å². The Balaban J connectivity index is 0.000000364. The van der Waals surface area contributed by atoms with E-state index in [4.69, 9.17) is 10.2 Å². The van der Waals surface area contributed by atoms with Gasteiger partial charge in [0.05, 0.1) is 12.6 Å². The molecule has 4 nitrogen and oxygen atoms in total. The van der Waals surface area contributed by atoms with Crippen molar-refractivity contribution in [1.29, 1.82) is 0 Å². The number of aliphatic carboxylic acids is 1. The van der Waals surface area contributed by atoms with Gasteiger partial charge in [-0.3, -0.25) is 4.79 Å². The van der Waals surface area contributed by atoms with E-state index in [1.807, 2.05) is 18.2 Å². The van der Waals surface area contributed by atoms with Gasteiger partial charge in [-0.15, -0.1) is 0 Å². The summed E-state index contributed by atoms with van der Waals surface area (Å²) in [6.45, 7) is 1.50. The van der Waals surface area contributed by atoms with Crippen molar-refractivity contribution in [3.8, 4) is 0 Å². The lowest BCUT2D eigenvalue weighted by Crippen LogP contribution is -2.11. The van der Waals surface area contributed by atoms with Crippen LogP contribution in [-0.4, -0.2) is 22.4 Å². The lowest BCUT2D eigenvalue weighted by molar-refractivity contribution is -0.136. The number of carbonyl (C=O) groups is 1. The largest absolute Gasteiger partial charge is 0.481 e. The van der Waals surface area contributed by atoms with Crippen LogP contribution in [0.5, 0.6) is 0 Å². The molecule has 0 bridgehead atoms. The number of hydrogen-bond donors (Lipinski definition) is 3. The molecule has 0 saturated carbocycles. The lowest BCUT2D eigenvalue weighted by Gasteiger charge is -1.92. The molecule has 1 unspecified atom stereocenters. The van der Waals surface area contributed by atoms with Crippen LogP contribution >= 0.6 is 0 Å². The molecule has 1 aromatic carbocycles. The summed E-state index contributed by atoms with van der Waals surface area (Å²) in [6, 6.07) is 9.13. The van der Waals surface area contributed by atoms with Gasteiger partial charge in [-0.25, -0.2) is 0 Å². The van der Waals surface area contributed by atoms with Crippen molar-refractivity contribution in [1.82, 2.24) is 0 Å². The fourth-order valence-electron chi connectivity index (χ4n) is 0.770. The summed E-state index contributed by atoms with van der Waals surface area (Å²) in [5.74, 6) is -0.786. The van der Waals surface area contributed by atoms with Crippen molar-refractivity contribution in [2.45, 2.75) is 19.6 Å². The Morgan fingerprint density at radius 2 is 1.86 bits per heavy atom. The maximum Gasteiger partial charge on any atom is 0.307 e. The molecule has 0 heterocycles. The van der Waals surface area contributed by atoms with E-state index in [2.05, 4.69) is 5.73 Å². The fraction of sp³-hybridized carbons (Fsp3) is 0.300. The first-order valence-corrected chi connectivity index (χ1v) is 4.21. The smallest absolute Gasteiger partial charge is 0.307 e. The Kier molecular flexibility index (Phi) is 6.36. The van der Waals surface area contributed by atoms with Crippen LogP contribution in [0.25, 0.3) is 0 Å². The maximum absolute atomic E-state index is 10.2. The molecule has 0 aliphatic heterocycles. The molecule has 0 fully saturated rings. The number of rotatable bonds is 2. The Hall–Kier alpha value is -1.39. The fourth-order valence-corrected chi connectivity index (χ4v) is 0.770. The highest BCUT2D eigenvalue weighted by Crippen LogP contribution is 1.98. The van der Waals surface area contributed by atoms with Crippen molar-refractivity contribution >= 4 is 5.97 Å². The first kappa shape index (κ1) is 12.6. The molecule has 1 atom stereocenters. The van der Waals surface area contributed by atoms with Gasteiger partial charge >= 0.3 is 5.97 Å². The number of aliphatic hydroxyl groups excluding tert-OH is 1. The van der Waals surface area contributed by atoms with Gasteiger partial charge in [0.25, 0.3) is 0 Å². The predicted octanol–water partition coefficient (Wildman–Crippen LogP) is 0.597. The van der Waals surface area contributed by atoms with Crippen LogP contribution in [0.2, 0.25) is 0 Å². The third kappa shape index (κ3) is 8.70. The van der Waals surface area contributed by atoms with Crippen LogP contribution < -0.4 is 5.73 Å². The van der Waals surface area contributed by atoms with Crippen LogP contribution in [0, 0.1) is 0 Å². The molecule has 1 aromatic rings. The maximum atomic E-state index is 10.2. The minimum absolute atomic E-state index is 0.112. The standard InChI is InChI=1S/C8H8O2.C2H7NO/c9-8(10)6-7-4-2-1-3-5-7;1-2(3)4/h1-5H,6H2,(H,9,10);2,4H,3H2,1H3. The molecule has 4 N–H and O–H groups in total. The number of carboxylic acid groups (broad SMARTS) is 1. The van der Waals surface area contributed by atoms with Gasteiger partial charge in [-0.1, -0.05) is 30.3 Å². The summed E-state index contributed by atoms with van der Waals surface area (Å²) in [5.41, 5.74) is 5.51. The van der Waals surface area contributed by atoms with Gasteiger partial charge in [0, 0.05) is 0 Å². The molecule has 4 heteroatoms. The molecule has 0 amide bonds. The monoisotopic (exact) mass is 197 g/mol. The molecule has 0 spiro atoms.